The maximum absolute atomic E-state index is 14.3. The molecular weight excluding hydrogens is 414 g/mol. The van der Waals surface area contributed by atoms with Crippen molar-refractivity contribution < 1.29 is 14.3 Å². The fraction of sp³-hybridized carbons (Fsp3) is 0.409. The first-order valence-corrected chi connectivity index (χ1v) is 10.6. The highest BCUT2D eigenvalue weighted by molar-refractivity contribution is 6.34. The molecule has 154 valence electrons. The lowest BCUT2D eigenvalue weighted by Crippen LogP contribution is -2.45. The molecule has 2 aliphatic rings. The minimum Gasteiger partial charge on any atom is -0.478 e. The van der Waals surface area contributed by atoms with Gasteiger partial charge in [-0.1, -0.05) is 23.2 Å². The van der Waals surface area contributed by atoms with Crippen LogP contribution in [0.15, 0.2) is 30.3 Å². The third kappa shape index (κ3) is 5.10. The van der Waals surface area contributed by atoms with Gasteiger partial charge in [0.25, 0.3) is 0 Å². The van der Waals surface area contributed by atoms with Crippen molar-refractivity contribution in [2.24, 2.45) is 0 Å². The smallest absolute Gasteiger partial charge is 0.338 e. The number of aromatic carboxylic acids is 1. The Morgan fingerprint density at radius 1 is 0.966 bits per heavy atom. The molecular formula is C22H23Cl2FN2O2. The van der Waals surface area contributed by atoms with Gasteiger partial charge in [-0.05, 0) is 65.8 Å². The molecule has 29 heavy (non-hydrogen) atoms. The predicted molar refractivity (Wildman–Crippen MR) is 112 cm³/mol. The number of carbonyl (C=O) groups is 1. The summed E-state index contributed by atoms with van der Waals surface area (Å²) in [5.74, 6) is -1.48. The van der Waals surface area contributed by atoms with E-state index in [4.69, 9.17) is 23.2 Å². The number of halogens is 3. The van der Waals surface area contributed by atoms with Crippen LogP contribution in [0, 0.1) is 5.82 Å². The van der Waals surface area contributed by atoms with E-state index in [1.807, 2.05) is 12.1 Å². The van der Waals surface area contributed by atoms with E-state index >= 15 is 0 Å². The average molecular weight is 437 g/mol. The Labute approximate surface area is 179 Å². The number of hydrogen-bond donors (Lipinski definition) is 1. The minimum absolute atomic E-state index is 0.222. The fourth-order valence-corrected chi connectivity index (χ4v) is 4.58. The summed E-state index contributed by atoms with van der Waals surface area (Å²) in [6.07, 6.45) is 2.10. The molecule has 1 heterocycles. The number of rotatable bonds is 6. The van der Waals surface area contributed by atoms with E-state index in [0.717, 1.165) is 62.3 Å². The van der Waals surface area contributed by atoms with Gasteiger partial charge in [-0.2, -0.15) is 0 Å². The van der Waals surface area contributed by atoms with E-state index in [1.165, 1.54) is 6.07 Å². The lowest BCUT2D eigenvalue weighted by molar-refractivity contribution is 0.0691. The van der Waals surface area contributed by atoms with Gasteiger partial charge in [0.15, 0.2) is 0 Å². The van der Waals surface area contributed by atoms with E-state index in [1.54, 1.807) is 12.1 Å². The standard InChI is InChI=1S/C22H23Cl2FN2O2/c23-17-7-14(8-18(24)10-17)12-26-3-5-27(6-4-26)13-16-9-21(25)20(22(28)29)11-19(16)15-1-2-15/h7-11,15H,1-6,12-13H2,(H,28,29). The van der Waals surface area contributed by atoms with Gasteiger partial charge in [-0.25, -0.2) is 9.18 Å². The zero-order valence-corrected chi connectivity index (χ0v) is 17.5. The lowest BCUT2D eigenvalue weighted by Gasteiger charge is -2.35. The second-order valence-corrected chi connectivity index (χ2v) is 8.81. The van der Waals surface area contributed by atoms with Crippen molar-refractivity contribution in [3.05, 3.63) is 68.4 Å². The van der Waals surface area contributed by atoms with E-state index < -0.39 is 11.8 Å². The molecule has 0 atom stereocenters. The SMILES string of the molecule is O=C(O)c1cc(C2CC2)c(CN2CCN(Cc3cc(Cl)cc(Cl)c3)CC2)cc1F. The number of benzene rings is 2. The van der Waals surface area contributed by atoms with Crippen molar-refractivity contribution in [2.45, 2.75) is 31.8 Å². The van der Waals surface area contributed by atoms with Crippen molar-refractivity contribution in [2.75, 3.05) is 26.2 Å². The van der Waals surface area contributed by atoms with Gasteiger partial charge in [0.05, 0.1) is 5.56 Å². The Balaban J connectivity index is 1.39. The van der Waals surface area contributed by atoms with Crippen molar-refractivity contribution in [1.29, 1.82) is 0 Å². The molecule has 1 aliphatic heterocycles. The molecule has 2 aromatic rings. The summed E-state index contributed by atoms with van der Waals surface area (Å²) in [6, 6.07) is 8.58. The molecule has 1 aliphatic carbocycles. The zero-order chi connectivity index (χ0) is 20.5. The van der Waals surface area contributed by atoms with Crippen LogP contribution < -0.4 is 0 Å². The second kappa shape index (κ2) is 8.60. The highest BCUT2D eigenvalue weighted by Gasteiger charge is 2.29. The van der Waals surface area contributed by atoms with Crippen LogP contribution in [0.2, 0.25) is 10.0 Å². The zero-order valence-electron chi connectivity index (χ0n) is 16.0. The topological polar surface area (TPSA) is 43.8 Å². The molecule has 1 saturated carbocycles. The lowest BCUT2D eigenvalue weighted by atomic mass is 9.98. The summed E-state index contributed by atoms with van der Waals surface area (Å²) in [5, 5.41) is 10.5. The van der Waals surface area contributed by atoms with Gasteiger partial charge in [0.1, 0.15) is 5.82 Å². The molecule has 0 unspecified atom stereocenters. The van der Waals surface area contributed by atoms with Crippen LogP contribution in [0.25, 0.3) is 0 Å². The highest BCUT2D eigenvalue weighted by atomic mass is 35.5. The maximum Gasteiger partial charge on any atom is 0.338 e. The first-order valence-electron chi connectivity index (χ1n) is 9.84. The van der Waals surface area contributed by atoms with Crippen LogP contribution in [0.3, 0.4) is 0 Å². The van der Waals surface area contributed by atoms with Crippen LogP contribution in [0.1, 0.15) is 45.8 Å². The van der Waals surface area contributed by atoms with Gasteiger partial charge in [0.2, 0.25) is 0 Å². The van der Waals surface area contributed by atoms with Crippen LogP contribution in [-0.2, 0) is 13.1 Å². The van der Waals surface area contributed by atoms with Crippen LogP contribution in [0.5, 0.6) is 0 Å². The number of carboxylic acid groups (broad SMARTS) is 1. The Morgan fingerprint density at radius 2 is 1.55 bits per heavy atom. The normalized spacial score (nSPS) is 18.2. The minimum atomic E-state index is -1.20. The molecule has 2 aromatic carbocycles. The van der Waals surface area contributed by atoms with Gasteiger partial charge < -0.3 is 5.11 Å². The van der Waals surface area contributed by atoms with Gasteiger partial charge in [0, 0.05) is 49.3 Å². The Hall–Kier alpha value is -1.66. The molecule has 0 bridgehead atoms. The van der Waals surface area contributed by atoms with Gasteiger partial charge in [-0.15, -0.1) is 0 Å². The Bertz CT molecular complexity index is 905. The first-order chi connectivity index (χ1) is 13.9. The number of piperazine rings is 1. The molecule has 0 amide bonds. The molecule has 0 aromatic heterocycles. The molecule has 4 nitrogen and oxygen atoms in total. The molecule has 4 rings (SSSR count). The summed E-state index contributed by atoms with van der Waals surface area (Å²) in [7, 11) is 0. The largest absolute Gasteiger partial charge is 0.478 e. The van der Waals surface area contributed by atoms with Crippen LogP contribution >= 0.6 is 23.2 Å². The molecule has 0 radical (unpaired) electrons. The van der Waals surface area contributed by atoms with E-state index in [-0.39, 0.29) is 5.56 Å². The average Bonchev–Trinajstić information content (AvgIpc) is 3.47. The summed E-state index contributed by atoms with van der Waals surface area (Å²) in [4.78, 5) is 15.9. The molecule has 0 spiro atoms. The van der Waals surface area contributed by atoms with Crippen molar-refractivity contribution in [3.8, 4) is 0 Å². The van der Waals surface area contributed by atoms with Crippen molar-refractivity contribution >= 4 is 29.2 Å². The fourth-order valence-electron chi connectivity index (χ4n) is 4.01. The van der Waals surface area contributed by atoms with Crippen molar-refractivity contribution in [1.82, 2.24) is 9.80 Å². The summed E-state index contributed by atoms with van der Waals surface area (Å²) in [6.45, 7) is 5.00. The third-order valence-electron chi connectivity index (χ3n) is 5.66. The molecule has 1 N–H and O–H groups in total. The number of hydrogen-bond acceptors (Lipinski definition) is 3. The monoisotopic (exact) mass is 436 g/mol. The number of carboxylic acids is 1. The van der Waals surface area contributed by atoms with Crippen molar-refractivity contribution in [3.63, 3.8) is 0 Å². The predicted octanol–water partition coefficient (Wildman–Crippen LogP) is 5.03. The van der Waals surface area contributed by atoms with Crippen LogP contribution in [0.4, 0.5) is 4.39 Å². The van der Waals surface area contributed by atoms with Gasteiger partial charge in [-0.3, -0.25) is 9.80 Å². The molecule has 7 heteroatoms. The summed E-state index contributed by atoms with van der Waals surface area (Å²) < 4.78 is 14.3. The van der Waals surface area contributed by atoms with Crippen LogP contribution in [-0.4, -0.2) is 47.1 Å². The summed E-state index contributed by atoms with van der Waals surface area (Å²) >= 11 is 12.2. The quantitative estimate of drug-likeness (QED) is 0.689. The Morgan fingerprint density at radius 3 is 2.10 bits per heavy atom. The molecule has 2 fully saturated rings. The Kier molecular flexibility index (Phi) is 6.11. The van der Waals surface area contributed by atoms with E-state index in [9.17, 15) is 14.3 Å². The summed E-state index contributed by atoms with van der Waals surface area (Å²) in [5.41, 5.74) is 2.80. The highest BCUT2D eigenvalue weighted by Crippen LogP contribution is 2.42. The van der Waals surface area contributed by atoms with E-state index in [2.05, 4.69) is 9.80 Å². The van der Waals surface area contributed by atoms with E-state index in [0.29, 0.717) is 22.5 Å². The first kappa shape index (κ1) is 20.6. The number of nitrogens with zero attached hydrogens (tertiary/aromatic N) is 2. The molecule has 1 saturated heterocycles. The van der Waals surface area contributed by atoms with Gasteiger partial charge >= 0.3 is 5.97 Å². The second-order valence-electron chi connectivity index (χ2n) is 7.94. The third-order valence-corrected chi connectivity index (χ3v) is 6.10. The maximum atomic E-state index is 14.3.